The zero-order valence-corrected chi connectivity index (χ0v) is 12.2. The van der Waals surface area contributed by atoms with Crippen molar-refractivity contribution in [3.8, 4) is 5.75 Å². The number of carbonyl (C=O) groups excluding carboxylic acids is 1. The Kier molecular flexibility index (Phi) is 4.95. The number of aliphatic hydroxyl groups is 1. The number of methoxy groups -OCH3 is 1. The summed E-state index contributed by atoms with van der Waals surface area (Å²) in [6, 6.07) is 5.60. The number of ether oxygens (including phenoxy) is 2. The summed E-state index contributed by atoms with van der Waals surface area (Å²) in [5, 5.41) is 9.74. The van der Waals surface area contributed by atoms with E-state index >= 15 is 0 Å². The highest BCUT2D eigenvalue weighted by molar-refractivity contribution is 5.75. The topological polar surface area (TPSA) is 55.8 Å². The largest absolute Gasteiger partial charge is 0.492 e. The standard InChI is InChI=1S/C15H22O4/c1-10-6-7-13(12(8-10)11(2)16)19-9-15(3,4)14(17)18-5/h6-8,11,16H,9H2,1-5H3/t11-/m1/s1. The Hall–Kier alpha value is -1.55. The van der Waals surface area contributed by atoms with Crippen molar-refractivity contribution in [2.45, 2.75) is 33.8 Å². The average Bonchev–Trinajstić information content (AvgIpc) is 2.36. The minimum atomic E-state index is -0.727. The minimum absolute atomic E-state index is 0.197. The van der Waals surface area contributed by atoms with Crippen LogP contribution in [0.5, 0.6) is 5.75 Å². The number of benzene rings is 1. The highest BCUT2D eigenvalue weighted by Gasteiger charge is 2.30. The van der Waals surface area contributed by atoms with Gasteiger partial charge in [0, 0.05) is 5.56 Å². The Balaban J connectivity index is 2.86. The van der Waals surface area contributed by atoms with E-state index in [0.717, 1.165) is 11.1 Å². The third-order valence-electron chi connectivity index (χ3n) is 2.94. The summed E-state index contributed by atoms with van der Waals surface area (Å²) in [5.74, 6) is 0.274. The van der Waals surface area contributed by atoms with Gasteiger partial charge in [0.2, 0.25) is 0 Å². The molecule has 0 aliphatic heterocycles. The van der Waals surface area contributed by atoms with Gasteiger partial charge in [0.15, 0.2) is 0 Å². The van der Waals surface area contributed by atoms with E-state index in [1.165, 1.54) is 7.11 Å². The average molecular weight is 266 g/mol. The second-order valence-electron chi connectivity index (χ2n) is 5.38. The monoisotopic (exact) mass is 266 g/mol. The van der Waals surface area contributed by atoms with Crippen molar-refractivity contribution in [2.24, 2.45) is 5.41 Å². The number of hydrogen-bond acceptors (Lipinski definition) is 4. The number of rotatable bonds is 5. The first-order chi connectivity index (χ1) is 8.77. The van der Waals surface area contributed by atoms with Crippen molar-refractivity contribution in [1.29, 1.82) is 0 Å². The first-order valence-electron chi connectivity index (χ1n) is 6.28. The lowest BCUT2D eigenvalue weighted by atomic mass is 9.95. The van der Waals surface area contributed by atoms with E-state index in [1.807, 2.05) is 25.1 Å². The zero-order chi connectivity index (χ0) is 14.6. The Labute approximate surface area is 114 Å². The fourth-order valence-corrected chi connectivity index (χ4v) is 1.72. The predicted molar refractivity (Wildman–Crippen MR) is 73.1 cm³/mol. The van der Waals surface area contributed by atoms with Gasteiger partial charge in [-0.2, -0.15) is 0 Å². The lowest BCUT2D eigenvalue weighted by Gasteiger charge is -2.23. The van der Waals surface area contributed by atoms with Gasteiger partial charge in [-0.05, 0) is 39.8 Å². The molecule has 0 saturated heterocycles. The lowest BCUT2D eigenvalue weighted by molar-refractivity contribution is -0.152. The van der Waals surface area contributed by atoms with Crippen molar-refractivity contribution in [2.75, 3.05) is 13.7 Å². The van der Waals surface area contributed by atoms with Crippen LogP contribution in [0.3, 0.4) is 0 Å². The van der Waals surface area contributed by atoms with Crippen LogP contribution in [-0.4, -0.2) is 24.8 Å². The molecule has 0 heterocycles. The Morgan fingerprint density at radius 1 is 1.42 bits per heavy atom. The molecule has 1 aromatic carbocycles. The molecule has 1 N–H and O–H groups in total. The van der Waals surface area contributed by atoms with Crippen LogP contribution in [-0.2, 0) is 9.53 Å². The van der Waals surface area contributed by atoms with Crippen LogP contribution >= 0.6 is 0 Å². The SMILES string of the molecule is COC(=O)C(C)(C)COc1ccc(C)cc1[C@@H](C)O. The molecule has 0 aliphatic rings. The first-order valence-corrected chi connectivity index (χ1v) is 6.28. The number of aryl methyl sites for hydroxylation is 1. The van der Waals surface area contributed by atoms with Gasteiger partial charge in [0.05, 0.1) is 18.6 Å². The highest BCUT2D eigenvalue weighted by Crippen LogP contribution is 2.28. The van der Waals surface area contributed by atoms with Gasteiger partial charge in [-0.1, -0.05) is 11.6 Å². The maximum absolute atomic E-state index is 11.6. The molecule has 106 valence electrons. The highest BCUT2D eigenvalue weighted by atomic mass is 16.5. The maximum atomic E-state index is 11.6. The third-order valence-corrected chi connectivity index (χ3v) is 2.94. The number of carbonyl (C=O) groups is 1. The molecule has 0 aromatic heterocycles. The molecule has 0 spiro atoms. The van der Waals surface area contributed by atoms with Crippen molar-refractivity contribution >= 4 is 5.97 Å². The number of aliphatic hydroxyl groups excluding tert-OH is 1. The van der Waals surface area contributed by atoms with E-state index in [1.54, 1.807) is 20.8 Å². The molecule has 4 nitrogen and oxygen atoms in total. The van der Waals surface area contributed by atoms with Crippen LogP contribution in [0, 0.1) is 12.3 Å². The van der Waals surface area contributed by atoms with Crippen molar-refractivity contribution in [3.05, 3.63) is 29.3 Å². The molecule has 1 aromatic rings. The van der Waals surface area contributed by atoms with Gasteiger partial charge < -0.3 is 14.6 Å². The summed E-state index contributed by atoms with van der Waals surface area (Å²) < 4.78 is 10.4. The summed E-state index contributed by atoms with van der Waals surface area (Å²) >= 11 is 0. The van der Waals surface area contributed by atoms with E-state index < -0.39 is 11.5 Å². The fraction of sp³-hybridized carbons (Fsp3) is 0.533. The molecule has 19 heavy (non-hydrogen) atoms. The summed E-state index contributed by atoms with van der Waals surface area (Å²) in [6.45, 7) is 7.35. The molecule has 1 rings (SSSR count). The number of hydrogen-bond donors (Lipinski definition) is 1. The molecule has 0 radical (unpaired) electrons. The molecule has 0 unspecified atom stereocenters. The maximum Gasteiger partial charge on any atom is 0.314 e. The molecule has 0 amide bonds. The fourth-order valence-electron chi connectivity index (χ4n) is 1.72. The molecule has 0 fully saturated rings. The molecule has 0 saturated carbocycles. The normalized spacial score (nSPS) is 12.9. The van der Waals surface area contributed by atoms with E-state index in [0.29, 0.717) is 5.75 Å². The number of esters is 1. The quantitative estimate of drug-likeness (QED) is 0.832. The lowest BCUT2D eigenvalue weighted by Crippen LogP contribution is -2.32. The first kappa shape index (κ1) is 15.5. The molecule has 0 bridgehead atoms. The molecular formula is C15H22O4. The molecule has 4 heteroatoms. The van der Waals surface area contributed by atoms with Gasteiger partial charge >= 0.3 is 5.97 Å². The zero-order valence-electron chi connectivity index (χ0n) is 12.2. The smallest absolute Gasteiger partial charge is 0.314 e. The Bertz CT molecular complexity index is 449. The van der Waals surface area contributed by atoms with Crippen molar-refractivity contribution in [1.82, 2.24) is 0 Å². The van der Waals surface area contributed by atoms with Crippen LogP contribution in [0.15, 0.2) is 18.2 Å². The van der Waals surface area contributed by atoms with Gasteiger partial charge in [-0.3, -0.25) is 4.79 Å². The van der Waals surface area contributed by atoms with Gasteiger partial charge in [0.1, 0.15) is 12.4 Å². The van der Waals surface area contributed by atoms with Crippen LogP contribution in [0.2, 0.25) is 0 Å². The molecule has 0 aliphatic carbocycles. The van der Waals surface area contributed by atoms with Crippen LogP contribution < -0.4 is 4.74 Å². The minimum Gasteiger partial charge on any atom is -0.492 e. The Morgan fingerprint density at radius 3 is 2.58 bits per heavy atom. The van der Waals surface area contributed by atoms with Crippen LogP contribution in [0.1, 0.15) is 38.0 Å². The van der Waals surface area contributed by atoms with E-state index in [2.05, 4.69) is 0 Å². The molecular weight excluding hydrogens is 244 g/mol. The van der Waals surface area contributed by atoms with Crippen molar-refractivity contribution in [3.63, 3.8) is 0 Å². The summed E-state index contributed by atoms with van der Waals surface area (Å²) in [6.07, 6.45) is -0.615. The summed E-state index contributed by atoms with van der Waals surface area (Å²) in [7, 11) is 1.36. The predicted octanol–water partition coefficient (Wildman–Crippen LogP) is 2.63. The Morgan fingerprint density at radius 2 is 2.05 bits per heavy atom. The second-order valence-corrected chi connectivity index (χ2v) is 5.38. The summed E-state index contributed by atoms with van der Waals surface area (Å²) in [4.78, 5) is 11.6. The van der Waals surface area contributed by atoms with E-state index in [-0.39, 0.29) is 12.6 Å². The third kappa shape index (κ3) is 3.96. The molecule has 1 atom stereocenters. The van der Waals surface area contributed by atoms with Crippen LogP contribution in [0.4, 0.5) is 0 Å². The van der Waals surface area contributed by atoms with E-state index in [4.69, 9.17) is 9.47 Å². The second kappa shape index (κ2) is 6.06. The van der Waals surface area contributed by atoms with Gasteiger partial charge in [-0.15, -0.1) is 0 Å². The summed E-state index contributed by atoms with van der Waals surface area (Å²) in [5.41, 5.74) is 1.05. The van der Waals surface area contributed by atoms with E-state index in [9.17, 15) is 9.90 Å². The van der Waals surface area contributed by atoms with Crippen LogP contribution in [0.25, 0.3) is 0 Å². The van der Waals surface area contributed by atoms with Gasteiger partial charge in [-0.25, -0.2) is 0 Å². The van der Waals surface area contributed by atoms with Gasteiger partial charge in [0.25, 0.3) is 0 Å². The van der Waals surface area contributed by atoms with Crippen molar-refractivity contribution < 1.29 is 19.4 Å².